The lowest BCUT2D eigenvalue weighted by molar-refractivity contribution is 0.415. The molecule has 0 radical (unpaired) electrons. The van der Waals surface area contributed by atoms with Crippen LogP contribution < -0.4 is 5.32 Å². The lowest BCUT2D eigenvalue weighted by Crippen LogP contribution is -2.28. The number of benzene rings is 2. The molecule has 3 aromatic rings. The van der Waals surface area contributed by atoms with Crippen LogP contribution >= 0.6 is 0 Å². The van der Waals surface area contributed by atoms with Gasteiger partial charge in [0.2, 0.25) is 5.95 Å². The van der Waals surface area contributed by atoms with Crippen molar-refractivity contribution in [3.8, 4) is 0 Å². The molecule has 23 heavy (non-hydrogen) atoms. The van der Waals surface area contributed by atoms with Crippen LogP contribution in [0.2, 0.25) is 0 Å². The summed E-state index contributed by atoms with van der Waals surface area (Å²) in [4.78, 5) is 4.20. The molecular formula is C17H14F2N4. The molecule has 2 atom stereocenters. The van der Waals surface area contributed by atoms with E-state index >= 15 is 0 Å². The van der Waals surface area contributed by atoms with Crippen LogP contribution in [0.4, 0.5) is 14.7 Å². The summed E-state index contributed by atoms with van der Waals surface area (Å²) in [5, 5.41) is 7.49. The molecule has 1 aliphatic rings. The molecule has 0 fully saturated rings. The van der Waals surface area contributed by atoms with Crippen molar-refractivity contribution in [3.63, 3.8) is 0 Å². The Hall–Kier alpha value is -2.76. The van der Waals surface area contributed by atoms with Gasteiger partial charge in [0.15, 0.2) is 0 Å². The van der Waals surface area contributed by atoms with Crippen LogP contribution in [-0.2, 0) is 0 Å². The largest absolute Gasteiger partial charge is 0.348 e. The molecule has 1 aliphatic heterocycles. The second-order valence-corrected chi connectivity index (χ2v) is 5.55. The van der Waals surface area contributed by atoms with Gasteiger partial charge in [0.05, 0.1) is 12.1 Å². The Balaban J connectivity index is 1.75. The van der Waals surface area contributed by atoms with Gasteiger partial charge in [-0.2, -0.15) is 10.1 Å². The minimum absolute atomic E-state index is 0.0862. The fraction of sp³-hybridized carbons (Fsp3) is 0.176. The number of aromatic nitrogens is 3. The van der Waals surface area contributed by atoms with Gasteiger partial charge in [0.1, 0.15) is 18.0 Å². The highest BCUT2D eigenvalue weighted by Crippen LogP contribution is 2.37. The maximum Gasteiger partial charge on any atom is 0.222 e. The van der Waals surface area contributed by atoms with Crippen LogP contribution in [-0.4, -0.2) is 14.8 Å². The summed E-state index contributed by atoms with van der Waals surface area (Å²) in [7, 11) is 0. The van der Waals surface area contributed by atoms with E-state index in [1.807, 2.05) is 6.07 Å². The van der Waals surface area contributed by atoms with Gasteiger partial charge in [0, 0.05) is 5.56 Å². The van der Waals surface area contributed by atoms with Gasteiger partial charge < -0.3 is 5.32 Å². The Morgan fingerprint density at radius 2 is 1.83 bits per heavy atom. The number of hydrogen-bond acceptors (Lipinski definition) is 3. The standard InChI is InChI=1S/C17H14F2N4/c18-12-7-5-11(6-8-12)15-9-16(13-3-1-2-4-14(13)19)23-17(22-15)20-10-21-23/h1-8,10,15-16H,9H2,(H,20,21,22)/t15-,16+/m1/s1. The van der Waals surface area contributed by atoms with Gasteiger partial charge in [-0.15, -0.1) is 0 Å². The number of nitrogens with zero attached hydrogens (tertiary/aromatic N) is 3. The fourth-order valence-corrected chi connectivity index (χ4v) is 3.04. The van der Waals surface area contributed by atoms with E-state index < -0.39 is 0 Å². The van der Waals surface area contributed by atoms with Gasteiger partial charge >= 0.3 is 0 Å². The molecule has 4 nitrogen and oxygen atoms in total. The number of rotatable bonds is 2. The van der Waals surface area contributed by atoms with Crippen molar-refractivity contribution < 1.29 is 8.78 Å². The Labute approximate surface area is 131 Å². The average molecular weight is 312 g/mol. The third-order valence-corrected chi connectivity index (χ3v) is 4.17. The molecule has 4 rings (SSSR count). The molecule has 2 heterocycles. The molecular weight excluding hydrogens is 298 g/mol. The quantitative estimate of drug-likeness (QED) is 0.784. The van der Waals surface area contributed by atoms with Crippen LogP contribution in [0.3, 0.4) is 0 Å². The van der Waals surface area contributed by atoms with Crippen molar-refractivity contribution >= 4 is 5.95 Å². The van der Waals surface area contributed by atoms with Crippen LogP contribution in [0.5, 0.6) is 0 Å². The maximum atomic E-state index is 14.2. The highest BCUT2D eigenvalue weighted by atomic mass is 19.1. The number of fused-ring (bicyclic) bond motifs is 1. The van der Waals surface area contributed by atoms with E-state index in [9.17, 15) is 8.78 Å². The Morgan fingerprint density at radius 1 is 1.04 bits per heavy atom. The summed E-state index contributed by atoms with van der Waals surface area (Å²) in [5.41, 5.74) is 1.51. The highest BCUT2D eigenvalue weighted by Gasteiger charge is 2.31. The predicted molar refractivity (Wildman–Crippen MR) is 81.9 cm³/mol. The molecule has 0 aliphatic carbocycles. The zero-order valence-corrected chi connectivity index (χ0v) is 12.2. The number of nitrogens with one attached hydrogen (secondary N) is 1. The minimum Gasteiger partial charge on any atom is -0.348 e. The second kappa shape index (κ2) is 5.46. The smallest absolute Gasteiger partial charge is 0.222 e. The van der Waals surface area contributed by atoms with Gasteiger partial charge in [0.25, 0.3) is 0 Å². The zero-order valence-electron chi connectivity index (χ0n) is 12.2. The topological polar surface area (TPSA) is 42.7 Å². The first-order valence-corrected chi connectivity index (χ1v) is 7.38. The molecule has 1 aromatic heterocycles. The SMILES string of the molecule is Fc1ccc([C@H]2C[C@@H](c3ccccc3F)n3ncnc3N2)cc1. The van der Waals surface area contributed by atoms with Crippen molar-refractivity contribution in [1.82, 2.24) is 14.8 Å². The summed E-state index contributed by atoms with van der Waals surface area (Å²) in [6.45, 7) is 0. The predicted octanol–water partition coefficient (Wildman–Crippen LogP) is 3.70. The normalized spacial score (nSPS) is 19.9. The summed E-state index contributed by atoms with van der Waals surface area (Å²) < 4.78 is 29.1. The summed E-state index contributed by atoms with van der Waals surface area (Å²) in [5.74, 6) is 0.0379. The van der Waals surface area contributed by atoms with Crippen LogP contribution in [0, 0.1) is 11.6 Å². The van der Waals surface area contributed by atoms with Crippen molar-refractivity contribution in [1.29, 1.82) is 0 Å². The summed E-state index contributed by atoms with van der Waals surface area (Å²) in [6, 6.07) is 12.7. The van der Waals surface area contributed by atoms with Gasteiger partial charge in [-0.25, -0.2) is 13.5 Å². The molecule has 0 unspecified atom stereocenters. The number of hydrogen-bond donors (Lipinski definition) is 1. The van der Waals surface area contributed by atoms with Gasteiger partial charge in [-0.1, -0.05) is 30.3 Å². The Morgan fingerprint density at radius 3 is 2.61 bits per heavy atom. The van der Waals surface area contributed by atoms with Gasteiger partial charge in [-0.05, 0) is 30.2 Å². The third-order valence-electron chi connectivity index (χ3n) is 4.17. The molecule has 1 N–H and O–H groups in total. The van der Waals surface area contributed by atoms with E-state index in [-0.39, 0.29) is 23.7 Å². The third kappa shape index (κ3) is 2.46. The molecule has 0 amide bonds. The van der Waals surface area contributed by atoms with Crippen LogP contribution in [0.15, 0.2) is 54.9 Å². The molecule has 6 heteroatoms. The van der Waals surface area contributed by atoms with E-state index in [0.29, 0.717) is 17.9 Å². The molecule has 0 bridgehead atoms. The molecule has 0 saturated carbocycles. The maximum absolute atomic E-state index is 14.2. The lowest BCUT2D eigenvalue weighted by atomic mass is 9.93. The Kier molecular flexibility index (Phi) is 3.29. The summed E-state index contributed by atoms with van der Waals surface area (Å²) >= 11 is 0. The van der Waals surface area contributed by atoms with Crippen LogP contribution in [0.25, 0.3) is 0 Å². The highest BCUT2D eigenvalue weighted by molar-refractivity contribution is 5.38. The van der Waals surface area contributed by atoms with E-state index in [0.717, 1.165) is 5.56 Å². The number of halogens is 2. The molecule has 0 saturated heterocycles. The van der Waals surface area contributed by atoms with E-state index in [2.05, 4.69) is 15.4 Å². The van der Waals surface area contributed by atoms with Crippen molar-refractivity contribution in [2.45, 2.75) is 18.5 Å². The molecule has 0 spiro atoms. The van der Waals surface area contributed by atoms with Gasteiger partial charge in [-0.3, -0.25) is 0 Å². The minimum atomic E-state index is -0.279. The fourth-order valence-electron chi connectivity index (χ4n) is 3.04. The zero-order chi connectivity index (χ0) is 15.8. The number of anilines is 1. The van der Waals surface area contributed by atoms with Crippen molar-refractivity contribution in [3.05, 3.63) is 77.6 Å². The van der Waals surface area contributed by atoms with Crippen molar-refractivity contribution in [2.75, 3.05) is 5.32 Å². The first-order valence-electron chi connectivity index (χ1n) is 7.38. The first-order chi connectivity index (χ1) is 11.2. The lowest BCUT2D eigenvalue weighted by Gasteiger charge is -2.32. The summed E-state index contributed by atoms with van der Waals surface area (Å²) in [6.07, 6.45) is 2.05. The van der Waals surface area contributed by atoms with Crippen LogP contribution in [0.1, 0.15) is 29.6 Å². The average Bonchev–Trinajstić information content (AvgIpc) is 3.04. The second-order valence-electron chi connectivity index (χ2n) is 5.55. The first kappa shape index (κ1) is 13.9. The molecule has 2 aromatic carbocycles. The van der Waals surface area contributed by atoms with E-state index in [1.165, 1.54) is 24.5 Å². The monoisotopic (exact) mass is 312 g/mol. The van der Waals surface area contributed by atoms with E-state index in [4.69, 9.17) is 0 Å². The molecule has 116 valence electrons. The Bertz CT molecular complexity index is 829. The van der Waals surface area contributed by atoms with Crippen molar-refractivity contribution in [2.24, 2.45) is 0 Å². The van der Waals surface area contributed by atoms with E-state index in [1.54, 1.807) is 28.9 Å².